The Kier molecular flexibility index (Phi) is 5.86. The van der Waals surface area contributed by atoms with Crippen LogP contribution in [0.4, 0.5) is 10.5 Å². The van der Waals surface area contributed by atoms with Gasteiger partial charge in [0, 0.05) is 22.9 Å². The molecule has 2 N–H and O–H groups in total. The maximum Gasteiger partial charge on any atom is 0.411 e. The summed E-state index contributed by atoms with van der Waals surface area (Å²) < 4.78 is 0. The van der Waals surface area contributed by atoms with Crippen molar-refractivity contribution < 1.29 is 15.0 Å². The Labute approximate surface area is 134 Å². The van der Waals surface area contributed by atoms with E-state index in [-0.39, 0.29) is 6.61 Å². The number of carbonyl (C=O) groups is 1. The van der Waals surface area contributed by atoms with E-state index in [2.05, 4.69) is 0 Å². The number of nitrogens with zero attached hydrogens (tertiary/aromatic N) is 1. The molecule has 0 aliphatic carbocycles. The zero-order chi connectivity index (χ0) is 15.9. The van der Waals surface area contributed by atoms with Crippen LogP contribution in [0.2, 0.25) is 0 Å². The summed E-state index contributed by atoms with van der Waals surface area (Å²) >= 11 is 1.60. The quantitative estimate of drug-likeness (QED) is 0.796. The molecule has 0 fully saturated rings. The van der Waals surface area contributed by atoms with E-state index in [1.54, 1.807) is 23.9 Å². The number of benzene rings is 2. The van der Waals surface area contributed by atoms with Crippen molar-refractivity contribution in [3.8, 4) is 0 Å². The van der Waals surface area contributed by atoms with Gasteiger partial charge in [-0.1, -0.05) is 30.3 Å². The summed E-state index contributed by atoms with van der Waals surface area (Å²) in [4.78, 5) is 13.8. The molecule has 0 heterocycles. The van der Waals surface area contributed by atoms with Gasteiger partial charge < -0.3 is 10.2 Å². The zero-order valence-electron chi connectivity index (χ0n) is 12.4. The van der Waals surface area contributed by atoms with Crippen LogP contribution in [0.3, 0.4) is 0 Å². The van der Waals surface area contributed by atoms with Crippen molar-refractivity contribution in [3.63, 3.8) is 0 Å². The lowest BCUT2D eigenvalue weighted by Crippen LogP contribution is -2.31. The van der Waals surface area contributed by atoms with Gasteiger partial charge in [-0.3, -0.25) is 4.90 Å². The van der Waals surface area contributed by atoms with Crippen molar-refractivity contribution in [3.05, 3.63) is 59.7 Å². The first-order valence-corrected chi connectivity index (χ1v) is 7.99. The fraction of sp³-hybridized carbons (Fsp3) is 0.235. The lowest BCUT2D eigenvalue weighted by molar-refractivity contribution is 0.202. The number of hydrogen-bond donors (Lipinski definition) is 2. The molecule has 0 saturated heterocycles. The third-order valence-corrected chi connectivity index (χ3v) is 4.58. The molecule has 0 saturated carbocycles. The third kappa shape index (κ3) is 4.02. The van der Waals surface area contributed by atoms with Crippen molar-refractivity contribution in [2.75, 3.05) is 17.2 Å². The first-order chi connectivity index (χ1) is 10.6. The summed E-state index contributed by atoms with van der Waals surface area (Å²) in [5.74, 6) is 0.650. The Bertz CT molecular complexity index is 631. The highest BCUT2D eigenvalue weighted by Gasteiger charge is 2.14. The molecule has 4 nitrogen and oxygen atoms in total. The Morgan fingerprint density at radius 2 is 1.86 bits per heavy atom. The Hall–Kier alpha value is -1.98. The summed E-state index contributed by atoms with van der Waals surface area (Å²) in [7, 11) is 0. The maximum absolute atomic E-state index is 11.4. The van der Waals surface area contributed by atoms with Gasteiger partial charge in [-0.2, -0.15) is 0 Å². The molecule has 0 aliphatic rings. The average Bonchev–Trinajstić information content (AvgIpc) is 2.53. The average molecular weight is 317 g/mol. The molecule has 0 unspecified atom stereocenters. The Balaban J connectivity index is 2.01. The highest BCUT2D eigenvalue weighted by atomic mass is 32.2. The number of aliphatic hydroxyl groups is 1. The predicted octanol–water partition coefficient (Wildman–Crippen LogP) is 3.76. The second-order valence-electron chi connectivity index (χ2n) is 4.82. The highest BCUT2D eigenvalue weighted by molar-refractivity contribution is 7.99. The molecule has 116 valence electrons. The van der Waals surface area contributed by atoms with Crippen molar-refractivity contribution in [2.24, 2.45) is 0 Å². The molecule has 1 amide bonds. The lowest BCUT2D eigenvalue weighted by atomic mass is 10.1. The third-order valence-electron chi connectivity index (χ3n) is 3.44. The molecule has 5 heteroatoms. The Morgan fingerprint density at radius 3 is 2.50 bits per heavy atom. The first kappa shape index (κ1) is 16.4. The second-order valence-corrected chi connectivity index (χ2v) is 5.95. The van der Waals surface area contributed by atoms with Crippen molar-refractivity contribution >= 4 is 23.5 Å². The van der Waals surface area contributed by atoms with Gasteiger partial charge in [0.05, 0.1) is 6.61 Å². The molecule has 0 aromatic heterocycles. The largest absolute Gasteiger partial charge is 0.465 e. The van der Waals surface area contributed by atoms with Crippen LogP contribution in [0.15, 0.2) is 53.4 Å². The molecule has 0 radical (unpaired) electrons. The van der Waals surface area contributed by atoms with Gasteiger partial charge in [0.15, 0.2) is 0 Å². The van der Waals surface area contributed by atoms with Crippen LogP contribution in [0.1, 0.15) is 11.1 Å². The fourth-order valence-electron chi connectivity index (χ4n) is 2.18. The van der Waals surface area contributed by atoms with Gasteiger partial charge in [-0.15, -0.1) is 11.8 Å². The van der Waals surface area contributed by atoms with Gasteiger partial charge in [0.2, 0.25) is 0 Å². The number of para-hydroxylation sites is 1. The summed E-state index contributed by atoms with van der Waals surface area (Å²) in [5.41, 5.74) is 2.64. The number of amides is 1. The minimum absolute atomic E-state index is 0.0193. The molecule has 0 bridgehead atoms. The molecular weight excluding hydrogens is 298 g/mol. The highest BCUT2D eigenvalue weighted by Crippen LogP contribution is 2.25. The minimum atomic E-state index is -0.951. The number of anilines is 1. The number of thioether (sulfide) groups is 1. The maximum atomic E-state index is 11.4. The van der Waals surface area contributed by atoms with Crippen LogP contribution in [0.25, 0.3) is 0 Å². The van der Waals surface area contributed by atoms with Gasteiger partial charge in [-0.05, 0) is 36.2 Å². The van der Waals surface area contributed by atoms with Crippen molar-refractivity contribution in [2.45, 2.75) is 18.4 Å². The first-order valence-electron chi connectivity index (χ1n) is 7.01. The fourth-order valence-corrected chi connectivity index (χ4v) is 3.19. The molecular formula is C17H19NO3S. The normalized spacial score (nSPS) is 10.5. The molecule has 22 heavy (non-hydrogen) atoms. The Morgan fingerprint density at radius 1 is 1.14 bits per heavy atom. The van der Waals surface area contributed by atoms with E-state index in [0.29, 0.717) is 18.0 Å². The number of rotatable bonds is 6. The standard InChI is InChI=1S/C17H19NO3S/c1-13-14(12-19)6-5-9-16(13)22-11-10-18(17(20)21)15-7-3-2-4-8-15/h2-9,19H,10-12H2,1H3,(H,20,21). The summed E-state index contributed by atoms with van der Waals surface area (Å²) in [6, 6.07) is 14.9. The van der Waals surface area contributed by atoms with Gasteiger partial charge >= 0.3 is 6.09 Å². The molecule has 2 rings (SSSR count). The lowest BCUT2D eigenvalue weighted by Gasteiger charge is -2.19. The van der Waals surface area contributed by atoms with Crippen LogP contribution < -0.4 is 4.90 Å². The monoisotopic (exact) mass is 317 g/mol. The zero-order valence-corrected chi connectivity index (χ0v) is 13.2. The van der Waals surface area contributed by atoms with E-state index in [0.717, 1.165) is 16.0 Å². The molecule has 0 aliphatic heterocycles. The second kappa shape index (κ2) is 7.87. The van der Waals surface area contributed by atoms with E-state index < -0.39 is 6.09 Å². The number of aliphatic hydroxyl groups excluding tert-OH is 1. The molecule has 2 aromatic rings. The van der Waals surface area contributed by atoms with Crippen LogP contribution in [-0.4, -0.2) is 28.6 Å². The van der Waals surface area contributed by atoms with Crippen LogP contribution in [0, 0.1) is 6.92 Å². The summed E-state index contributed by atoms with van der Waals surface area (Å²) in [5, 5.41) is 18.6. The van der Waals surface area contributed by atoms with Crippen molar-refractivity contribution in [1.82, 2.24) is 0 Å². The smallest absolute Gasteiger partial charge is 0.411 e. The van der Waals surface area contributed by atoms with E-state index in [1.807, 2.05) is 43.3 Å². The van der Waals surface area contributed by atoms with Crippen LogP contribution in [0.5, 0.6) is 0 Å². The molecule has 0 spiro atoms. The van der Waals surface area contributed by atoms with Gasteiger partial charge in [0.25, 0.3) is 0 Å². The molecule has 0 atom stereocenters. The summed E-state index contributed by atoms with van der Waals surface area (Å²) in [6.07, 6.45) is -0.951. The van der Waals surface area contributed by atoms with Crippen LogP contribution >= 0.6 is 11.8 Å². The summed E-state index contributed by atoms with van der Waals surface area (Å²) in [6.45, 7) is 2.40. The SMILES string of the molecule is Cc1c(CO)cccc1SCCN(C(=O)O)c1ccccc1. The van der Waals surface area contributed by atoms with E-state index in [9.17, 15) is 15.0 Å². The van der Waals surface area contributed by atoms with E-state index in [1.165, 1.54) is 4.90 Å². The topological polar surface area (TPSA) is 60.8 Å². The van der Waals surface area contributed by atoms with Crippen LogP contribution in [-0.2, 0) is 6.61 Å². The van der Waals surface area contributed by atoms with Gasteiger partial charge in [0.1, 0.15) is 0 Å². The molecule has 2 aromatic carbocycles. The van der Waals surface area contributed by atoms with Gasteiger partial charge in [-0.25, -0.2) is 4.79 Å². The van der Waals surface area contributed by atoms with Crippen molar-refractivity contribution in [1.29, 1.82) is 0 Å². The number of hydrogen-bond acceptors (Lipinski definition) is 3. The van der Waals surface area contributed by atoms with E-state index in [4.69, 9.17) is 0 Å². The number of carboxylic acid groups (broad SMARTS) is 1. The minimum Gasteiger partial charge on any atom is -0.465 e. The predicted molar refractivity (Wildman–Crippen MR) is 89.6 cm³/mol. The van der Waals surface area contributed by atoms with E-state index >= 15 is 0 Å².